The number of carbonyl (C=O) groups is 2. The number of carbonyl (C=O) groups excluding carboxylic acids is 2. The number of ketones is 1. The third-order valence-electron chi connectivity index (χ3n) is 8.24. The first-order valence-electron chi connectivity index (χ1n) is 10.2. The summed E-state index contributed by atoms with van der Waals surface area (Å²) < 4.78 is 5.85. The molecule has 4 aliphatic carbocycles. The number of rotatable bonds is 2. The van der Waals surface area contributed by atoms with Crippen LogP contribution in [0.3, 0.4) is 0 Å². The van der Waals surface area contributed by atoms with E-state index in [0.717, 1.165) is 49.4 Å². The second-order valence-electron chi connectivity index (χ2n) is 9.17. The van der Waals surface area contributed by atoms with E-state index in [4.69, 9.17) is 4.74 Å². The Hall–Kier alpha value is -0.860. The lowest BCUT2D eigenvalue weighted by Gasteiger charge is -2.55. The van der Waals surface area contributed by atoms with Crippen molar-refractivity contribution < 1.29 is 14.3 Å². The summed E-state index contributed by atoms with van der Waals surface area (Å²) in [5.41, 5.74) is 0.198. The molecule has 0 heterocycles. The molecule has 0 N–H and O–H groups in total. The van der Waals surface area contributed by atoms with Gasteiger partial charge in [-0.05, 0) is 74.5 Å². The molecule has 3 nitrogen and oxygen atoms in total. The first kappa shape index (κ1) is 16.6. The molecule has 0 aliphatic heterocycles. The van der Waals surface area contributed by atoms with Crippen LogP contribution in [0.15, 0.2) is 0 Å². The number of esters is 1. The van der Waals surface area contributed by atoms with Gasteiger partial charge in [0.1, 0.15) is 11.9 Å². The molecule has 3 heteroatoms. The number of ether oxygens (including phenoxy) is 1. The average Bonchev–Trinajstić information content (AvgIpc) is 2.90. The van der Waals surface area contributed by atoms with Crippen LogP contribution in [0.2, 0.25) is 0 Å². The fourth-order valence-corrected chi connectivity index (χ4v) is 7.05. The maximum atomic E-state index is 11.8. The van der Waals surface area contributed by atoms with Crippen molar-refractivity contribution in [2.24, 2.45) is 35.0 Å². The molecule has 7 atom stereocenters. The largest absolute Gasteiger partial charge is 0.462 e. The predicted octanol–water partition coefficient (Wildman–Crippen LogP) is 4.53. The van der Waals surface area contributed by atoms with Crippen molar-refractivity contribution >= 4 is 11.8 Å². The third kappa shape index (κ3) is 2.54. The van der Waals surface area contributed by atoms with Gasteiger partial charge in [0.15, 0.2) is 0 Å². The molecule has 24 heavy (non-hydrogen) atoms. The van der Waals surface area contributed by atoms with Crippen molar-refractivity contribution in [2.45, 2.75) is 84.2 Å². The fraction of sp³-hybridized carbons (Fsp3) is 0.905. The summed E-state index contributed by atoms with van der Waals surface area (Å²) in [6.07, 6.45) is 10.8. The first-order valence-corrected chi connectivity index (χ1v) is 10.2. The van der Waals surface area contributed by atoms with Crippen LogP contribution in [-0.4, -0.2) is 17.9 Å². The summed E-state index contributed by atoms with van der Waals surface area (Å²) >= 11 is 0. The molecule has 0 radical (unpaired) electrons. The summed E-state index contributed by atoms with van der Waals surface area (Å²) in [5, 5.41) is 0. The number of fused-ring (bicyclic) bond motifs is 5. The van der Waals surface area contributed by atoms with E-state index in [1.54, 1.807) is 0 Å². The maximum absolute atomic E-state index is 11.8. The molecule has 0 saturated heterocycles. The molecule has 0 aromatic rings. The van der Waals surface area contributed by atoms with Gasteiger partial charge >= 0.3 is 5.97 Å². The van der Waals surface area contributed by atoms with Gasteiger partial charge in [-0.15, -0.1) is 0 Å². The van der Waals surface area contributed by atoms with Crippen molar-refractivity contribution in [1.82, 2.24) is 0 Å². The molecule has 4 fully saturated rings. The van der Waals surface area contributed by atoms with E-state index in [-0.39, 0.29) is 17.5 Å². The summed E-state index contributed by atoms with van der Waals surface area (Å²) in [6.45, 7) is 4.28. The van der Waals surface area contributed by atoms with Gasteiger partial charge < -0.3 is 4.74 Å². The van der Waals surface area contributed by atoms with Crippen LogP contribution in [-0.2, 0) is 14.3 Å². The van der Waals surface area contributed by atoms with E-state index < -0.39 is 0 Å². The topological polar surface area (TPSA) is 43.4 Å². The highest BCUT2D eigenvalue weighted by Crippen LogP contribution is 2.62. The molecule has 4 saturated carbocycles. The zero-order chi connectivity index (χ0) is 16.9. The zero-order valence-corrected chi connectivity index (χ0v) is 15.3. The molecule has 134 valence electrons. The lowest BCUT2D eigenvalue weighted by molar-refractivity contribution is -0.159. The monoisotopic (exact) mass is 332 g/mol. The molecule has 4 unspecified atom stereocenters. The Bertz CT molecular complexity index is 527. The molecule has 0 bridgehead atoms. The molecule has 0 aromatic carbocycles. The first-order chi connectivity index (χ1) is 11.5. The molecular formula is C21H32O3. The predicted molar refractivity (Wildman–Crippen MR) is 92.3 cm³/mol. The highest BCUT2D eigenvalue weighted by atomic mass is 16.5. The van der Waals surface area contributed by atoms with Crippen molar-refractivity contribution in [1.29, 1.82) is 0 Å². The fourth-order valence-electron chi connectivity index (χ4n) is 7.05. The summed E-state index contributed by atoms with van der Waals surface area (Å²) in [7, 11) is 0. The van der Waals surface area contributed by atoms with Crippen LogP contribution in [0.4, 0.5) is 0 Å². The second-order valence-corrected chi connectivity index (χ2v) is 9.17. The van der Waals surface area contributed by atoms with Crippen LogP contribution < -0.4 is 0 Å². The molecule has 4 rings (SSSR count). The van der Waals surface area contributed by atoms with Crippen molar-refractivity contribution in [2.75, 3.05) is 0 Å². The lowest BCUT2D eigenvalue weighted by atomic mass is 9.50. The number of hydrogen-bond acceptors (Lipinski definition) is 3. The maximum Gasteiger partial charge on any atom is 0.305 e. The standard InChI is InChI=1S/C21H32O3/c1-3-20(23)24-19-9-8-18-17-6-4-13-12-14(22)5-7-15(13)16(17)10-11-21(18,19)2/h13,15-19H,3-12H2,1-2H3/t13-,15?,16?,17?,18?,19+,21+/m1/s1. The van der Waals surface area contributed by atoms with Crippen molar-refractivity contribution in [3.8, 4) is 0 Å². The smallest absolute Gasteiger partial charge is 0.305 e. The van der Waals surface area contributed by atoms with Gasteiger partial charge in [0, 0.05) is 24.7 Å². The van der Waals surface area contributed by atoms with E-state index in [9.17, 15) is 9.59 Å². The Morgan fingerprint density at radius 2 is 1.92 bits per heavy atom. The van der Waals surface area contributed by atoms with Crippen LogP contribution in [0, 0.1) is 35.0 Å². The molecule has 0 amide bonds. The SMILES string of the molecule is CCC(=O)O[C@H]1CCC2C3CC[C@@H]4CC(=O)CCC4C3CC[C@@]21C. The van der Waals surface area contributed by atoms with E-state index in [2.05, 4.69) is 6.92 Å². The van der Waals surface area contributed by atoms with Gasteiger partial charge in [-0.2, -0.15) is 0 Å². The molecule has 4 aliphatic rings. The van der Waals surface area contributed by atoms with E-state index >= 15 is 0 Å². The lowest BCUT2D eigenvalue weighted by Crippen LogP contribution is -2.50. The Labute approximate surface area is 145 Å². The minimum absolute atomic E-state index is 0.0292. The minimum Gasteiger partial charge on any atom is -0.462 e. The van der Waals surface area contributed by atoms with E-state index in [1.807, 2.05) is 6.92 Å². The normalized spacial score (nSPS) is 47.5. The quantitative estimate of drug-likeness (QED) is 0.698. The van der Waals surface area contributed by atoms with Gasteiger partial charge in [-0.3, -0.25) is 9.59 Å². The van der Waals surface area contributed by atoms with E-state index in [1.165, 1.54) is 32.1 Å². The number of hydrogen-bond donors (Lipinski definition) is 0. The average molecular weight is 332 g/mol. The summed E-state index contributed by atoms with van der Waals surface area (Å²) in [4.78, 5) is 23.7. The zero-order valence-electron chi connectivity index (χ0n) is 15.3. The summed E-state index contributed by atoms with van der Waals surface area (Å²) in [5.74, 6) is 4.31. The van der Waals surface area contributed by atoms with Crippen LogP contribution in [0.1, 0.15) is 78.1 Å². The van der Waals surface area contributed by atoms with Crippen LogP contribution in [0.25, 0.3) is 0 Å². The highest BCUT2D eigenvalue weighted by Gasteiger charge is 2.58. The van der Waals surface area contributed by atoms with Gasteiger partial charge in [0.25, 0.3) is 0 Å². The molecular weight excluding hydrogens is 300 g/mol. The Morgan fingerprint density at radius 1 is 1.08 bits per heavy atom. The van der Waals surface area contributed by atoms with Gasteiger partial charge in [-0.1, -0.05) is 13.8 Å². The van der Waals surface area contributed by atoms with Crippen LogP contribution >= 0.6 is 0 Å². The summed E-state index contributed by atoms with van der Waals surface area (Å²) in [6, 6.07) is 0. The third-order valence-corrected chi connectivity index (χ3v) is 8.24. The number of Topliss-reactive ketones (excluding diaryl/α,β-unsaturated/α-hetero) is 1. The highest BCUT2D eigenvalue weighted by molar-refractivity contribution is 5.79. The Balaban J connectivity index is 1.51. The molecule has 0 aromatic heterocycles. The van der Waals surface area contributed by atoms with E-state index in [0.29, 0.717) is 18.1 Å². The van der Waals surface area contributed by atoms with Gasteiger partial charge in [-0.25, -0.2) is 0 Å². The second kappa shape index (κ2) is 6.14. The minimum atomic E-state index is -0.0292. The Morgan fingerprint density at radius 3 is 2.71 bits per heavy atom. The van der Waals surface area contributed by atoms with Gasteiger partial charge in [0.05, 0.1) is 0 Å². The Kier molecular flexibility index (Phi) is 4.25. The van der Waals surface area contributed by atoms with Gasteiger partial charge in [0.2, 0.25) is 0 Å². The van der Waals surface area contributed by atoms with Crippen molar-refractivity contribution in [3.05, 3.63) is 0 Å². The van der Waals surface area contributed by atoms with Crippen LogP contribution in [0.5, 0.6) is 0 Å². The van der Waals surface area contributed by atoms with Crippen molar-refractivity contribution in [3.63, 3.8) is 0 Å². The molecule has 0 spiro atoms.